The highest BCUT2D eigenvalue weighted by Gasteiger charge is 1.98. The number of nitrogens with zero attached hydrogens (tertiary/aromatic N) is 2. The Balaban J connectivity index is -0.000000131. The van der Waals surface area contributed by atoms with Gasteiger partial charge in [-0.3, -0.25) is 14.4 Å². The van der Waals surface area contributed by atoms with Crippen molar-refractivity contribution in [2.75, 3.05) is 21.3 Å². The number of rotatable bonds is 19. The molecule has 0 spiro atoms. The van der Waals surface area contributed by atoms with Gasteiger partial charge in [-0.1, -0.05) is 89.2 Å². The predicted molar refractivity (Wildman–Crippen MR) is 183 cm³/mol. The second-order valence-electron chi connectivity index (χ2n) is 8.69. The summed E-state index contributed by atoms with van der Waals surface area (Å²) in [5.41, 5.74) is 0. The molecule has 0 bridgehead atoms. The Morgan fingerprint density at radius 2 is 1.11 bits per heavy atom. The highest BCUT2D eigenvalue weighted by molar-refractivity contribution is 5.71. The Labute approximate surface area is 278 Å². The van der Waals surface area contributed by atoms with Gasteiger partial charge in [0.05, 0.1) is 46.8 Å². The van der Waals surface area contributed by atoms with Crippen molar-refractivity contribution in [3.8, 4) is 6.07 Å². The molecule has 0 unspecified atom stereocenters. The summed E-state index contributed by atoms with van der Waals surface area (Å²) in [6.07, 6.45) is 28.1. The molecule has 0 fully saturated rings. The van der Waals surface area contributed by atoms with Crippen LogP contribution < -0.4 is 0 Å². The van der Waals surface area contributed by atoms with E-state index in [0.717, 1.165) is 12.8 Å². The molecule has 0 aromatic rings. The number of carbonyl (C=O) groups excluding carboxylic acids is 5. The van der Waals surface area contributed by atoms with Crippen LogP contribution in [0.3, 0.4) is 0 Å². The number of methoxy groups -OCH3 is 3. The lowest BCUT2D eigenvalue weighted by atomic mass is 10.1. The summed E-state index contributed by atoms with van der Waals surface area (Å²) in [4.78, 5) is 50.5. The molecule has 0 saturated heterocycles. The highest BCUT2D eigenvalue weighted by Crippen LogP contribution is 2.10. The normalized spacial score (nSPS) is 8.57. The van der Waals surface area contributed by atoms with E-state index in [1.807, 2.05) is 0 Å². The molecular weight excluding hydrogens is 588 g/mol. The summed E-state index contributed by atoms with van der Waals surface area (Å²) in [5, 5.41) is 7.51. The van der Waals surface area contributed by atoms with Gasteiger partial charge in [0.1, 0.15) is 0 Å². The maximum atomic E-state index is 10.9. The predicted octanol–water partition coefficient (Wildman–Crippen LogP) is 8.83. The van der Waals surface area contributed by atoms with Crippen LogP contribution in [0.5, 0.6) is 0 Å². The summed E-state index contributed by atoms with van der Waals surface area (Å²) < 4.78 is 13.2. The van der Waals surface area contributed by atoms with Gasteiger partial charge in [-0.2, -0.15) is 14.9 Å². The summed E-state index contributed by atoms with van der Waals surface area (Å²) in [5.74, 6) is -0.641. The summed E-state index contributed by atoms with van der Waals surface area (Å²) >= 11 is 0. The van der Waals surface area contributed by atoms with Crippen LogP contribution in [-0.4, -0.2) is 45.4 Å². The van der Waals surface area contributed by atoms with Gasteiger partial charge in [0.15, 0.2) is 6.20 Å². The fraction of sp³-hybridized carbons (Fsp3) is 0.556. The molecule has 0 aromatic carbocycles. The van der Waals surface area contributed by atoms with Gasteiger partial charge in [-0.05, 0) is 32.1 Å². The lowest BCUT2D eigenvalue weighted by Gasteiger charge is -2.00. The number of hydrogen-bond donors (Lipinski definition) is 0. The number of esters is 3. The van der Waals surface area contributed by atoms with E-state index in [2.05, 4.69) is 64.4 Å². The fourth-order valence-corrected chi connectivity index (χ4v) is 2.93. The molecule has 0 heterocycles. The van der Waals surface area contributed by atoms with Crippen LogP contribution in [0, 0.1) is 17.9 Å². The first-order chi connectivity index (χ1) is 22.3. The molecule has 0 aromatic heterocycles. The van der Waals surface area contributed by atoms with Crippen LogP contribution in [-0.2, 0) is 38.2 Å². The summed E-state index contributed by atoms with van der Waals surface area (Å²) in [7, 11) is 4.12. The molecule has 0 rings (SSSR count). The second-order valence-corrected chi connectivity index (χ2v) is 8.69. The number of unbranched alkanes of at least 4 members (excludes halogenated alkanes) is 11. The minimum absolute atomic E-state index is 0.0763. The third-order valence-electron chi connectivity index (χ3n) is 5.19. The summed E-state index contributed by atoms with van der Waals surface area (Å²) in [6.45, 7) is 21.0. The van der Waals surface area contributed by atoms with Crippen molar-refractivity contribution in [3.63, 3.8) is 0 Å². The smallest absolute Gasteiger partial charge is 0.373 e. The van der Waals surface area contributed by atoms with Crippen molar-refractivity contribution in [2.24, 2.45) is 0 Å². The van der Waals surface area contributed by atoms with Gasteiger partial charge in [0.2, 0.25) is 0 Å². The van der Waals surface area contributed by atoms with Crippen LogP contribution in [0.1, 0.15) is 110 Å². The lowest BCUT2D eigenvalue weighted by molar-refractivity contribution is -0.191. The molecule has 0 saturated carbocycles. The Morgan fingerprint density at radius 1 is 0.717 bits per heavy atom. The number of carbonyl (C=O) groups is 3. The first-order valence-corrected chi connectivity index (χ1v) is 15.2. The van der Waals surface area contributed by atoms with E-state index in [0.29, 0.717) is 12.8 Å². The standard InChI is InChI=1S/C19H36O2.C6H7NO2.C5H8O2.C3H3N.C2H4.CO2/c1-3-4-5-6-7-8-9-10-11-12-13-14-15-16-17-18-19(20)21-2;1-7-5-3-4-6(8)9-2;1-3-4-5(6)7-2;1-2-3-4;1-2;2-1-3/h10-11H,3-9,12-18H2,1-2H3;3,5H,4H2,2H3;3H,1,4H2,2H3;2H,1H2;1-2H2;. The molecule has 10 nitrogen and oxygen atoms in total. The van der Waals surface area contributed by atoms with Gasteiger partial charge in [0.25, 0.3) is 0 Å². The zero-order valence-electron chi connectivity index (χ0n) is 28.8. The monoisotopic (exact) mass is 646 g/mol. The second kappa shape index (κ2) is 59.8. The van der Waals surface area contributed by atoms with Crippen molar-refractivity contribution in [3.05, 3.63) is 74.3 Å². The van der Waals surface area contributed by atoms with Crippen LogP contribution in [0.2, 0.25) is 0 Å². The number of nitriles is 1. The van der Waals surface area contributed by atoms with Gasteiger partial charge in [-0.15, -0.1) is 19.7 Å². The van der Waals surface area contributed by atoms with E-state index in [9.17, 15) is 14.4 Å². The van der Waals surface area contributed by atoms with E-state index < -0.39 is 0 Å². The third-order valence-corrected chi connectivity index (χ3v) is 5.19. The molecule has 0 aliphatic rings. The number of hydrogen-bond acceptors (Lipinski definition) is 9. The molecule has 10 heteroatoms. The van der Waals surface area contributed by atoms with E-state index in [-0.39, 0.29) is 30.5 Å². The van der Waals surface area contributed by atoms with Crippen LogP contribution in [0.15, 0.2) is 62.9 Å². The molecule has 46 heavy (non-hydrogen) atoms. The van der Waals surface area contributed by atoms with E-state index in [1.165, 1.54) is 116 Å². The molecular formula is C36H58N2O8. The van der Waals surface area contributed by atoms with Gasteiger partial charge < -0.3 is 14.2 Å². The van der Waals surface area contributed by atoms with Crippen LogP contribution in [0.25, 0.3) is 4.85 Å². The quantitative estimate of drug-likeness (QED) is 0.0336. The van der Waals surface area contributed by atoms with Crippen LogP contribution >= 0.6 is 0 Å². The minimum atomic E-state index is -0.324. The van der Waals surface area contributed by atoms with E-state index in [4.69, 9.17) is 21.4 Å². The zero-order chi connectivity index (χ0) is 36.5. The molecule has 0 aliphatic heterocycles. The van der Waals surface area contributed by atoms with E-state index in [1.54, 1.807) is 6.07 Å². The number of ether oxygens (including phenoxy) is 3. The fourth-order valence-electron chi connectivity index (χ4n) is 2.93. The maximum Gasteiger partial charge on any atom is 0.373 e. The van der Waals surface area contributed by atoms with Crippen molar-refractivity contribution in [1.82, 2.24) is 0 Å². The van der Waals surface area contributed by atoms with E-state index >= 15 is 0 Å². The van der Waals surface area contributed by atoms with Gasteiger partial charge in [0, 0.05) is 12.5 Å². The van der Waals surface area contributed by atoms with Crippen molar-refractivity contribution >= 4 is 24.1 Å². The average molecular weight is 647 g/mol. The molecule has 260 valence electrons. The zero-order valence-corrected chi connectivity index (χ0v) is 28.8. The lowest BCUT2D eigenvalue weighted by Crippen LogP contribution is -1.98. The molecule has 0 atom stereocenters. The Morgan fingerprint density at radius 3 is 1.46 bits per heavy atom. The first kappa shape index (κ1) is 54.0. The number of allylic oxidation sites excluding steroid dienone is 3. The SMILES string of the molecule is C=C.C=CC#N.C=CCC(=O)OC.CCCCCCCCC=CCCCCCCCC(=O)OC.O=C=O.[C-]#[N+]C=CCC(=O)OC. The average Bonchev–Trinajstić information content (AvgIpc) is 3.08. The van der Waals surface area contributed by atoms with Gasteiger partial charge in [-0.25, -0.2) is 4.85 Å². The molecule has 0 radical (unpaired) electrons. The Kier molecular flexibility index (Phi) is 70.2. The van der Waals surface area contributed by atoms with Gasteiger partial charge >= 0.3 is 24.1 Å². The minimum Gasteiger partial charge on any atom is -0.469 e. The molecule has 0 amide bonds. The largest absolute Gasteiger partial charge is 0.469 e. The van der Waals surface area contributed by atoms with Crippen molar-refractivity contribution < 1.29 is 38.2 Å². The third kappa shape index (κ3) is 77.4. The maximum absolute atomic E-state index is 10.9. The van der Waals surface area contributed by atoms with Crippen LogP contribution in [0.4, 0.5) is 0 Å². The van der Waals surface area contributed by atoms with Crippen molar-refractivity contribution in [1.29, 1.82) is 5.26 Å². The highest BCUT2D eigenvalue weighted by atomic mass is 16.5. The first-order valence-electron chi connectivity index (χ1n) is 15.2. The molecule has 0 N–H and O–H groups in total. The topological polar surface area (TPSA) is 141 Å². The Bertz CT molecular complexity index is 877. The molecule has 0 aliphatic carbocycles. The summed E-state index contributed by atoms with van der Waals surface area (Å²) in [6, 6.07) is 1.69. The van der Waals surface area contributed by atoms with Crippen molar-refractivity contribution in [2.45, 2.75) is 110 Å². The Hall–Kier alpha value is -4.53.